The minimum absolute atomic E-state index is 0.0207. The van der Waals surface area contributed by atoms with Crippen LogP contribution >= 0.6 is 23.2 Å². The Morgan fingerprint density at radius 3 is 2.42 bits per heavy atom. The van der Waals surface area contributed by atoms with Crippen LogP contribution in [0, 0.1) is 0 Å². The largest absolute Gasteiger partial charge is 0.508 e. The van der Waals surface area contributed by atoms with E-state index in [1.165, 1.54) is 17.7 Å². The third kappa shape index (κ3) is 6.19. The number of allylic oxidation sites excluding steroid dienone is 1. The van der Waals surface area contributed by atoms with E-state index in [2.05, 4.69) is 0 Å². The highest BCUT2D eigenvalue weighted by atomic mass is 35.5. The van der Waals surface area contributed by atoms with E-state index in [4.69, 9.17) is 32.7 Å². The summed E-state index contributed by atoms with van der Waals surface area (Å²) in [5.74, 6) is 0.415. The zero-order valence-corrected chi connectivity index (χ0v) is 12.6. The molecule has 0 aliphatic heterocycles. The summed E-state index contributed by atoms with van der Waals surface area (Å²) in [5, 5.41) is 9.88. The van der Waals surface area contributed by atoms with Gasteiger partial charge in [-0.05, 0) is 13.8 Å². The molecule has 106 valence electrons. The summed E-state index contributed by atoms with van der Waals surface area (Å²) in [5.41, 5.74) is 1.24. The van der Waals surface area contributed by atoms with Crippen LogP contribution in [0.2, 0.25) is 10.0 Å². The molecule has 19 heavy (non-hydrogen) atoms. The lowest BCUT2D eigenvalue weighted by Gasteiger charge is -2.10. The van der Waals surface area contributed by atoms with Crippen molar-refractivity contribution in [2.45, 2.75) is 20.3 Å². The molecule has 0 aliphatic rings. The molecular weight excluding hydrogens is 287 g/mol. The second-order valence-corrected chi connectivity index (χ2v) is 5.11. The number of rotatable bonds is 7. The Morgan fingerprint density at radius 2 is 1.84 bits per heavy atom. The monoisotopic (exact) mass is 304 g/mol. The predicted octanol–water partition coefficient (Wildman–Crippen LogP) is 4.45. The molecule has 0 aliphatic carbocycles. The Hall–Kier alpha value is -0.900. The standard InChI is InChI=1S/C14H18Cl2O3/c1-10(2)4-7-18-5-3-6-19-14-12(15)8-11(17)9-13(14)16/h4,8-9,17H,3,5-7H2,1-2H3. The number of hydrogen-bond acceptors (Lipinski definition) is 3. The number of benzene rings is 1. The SMILES string of the molecule is CC(C)=CCOCCCOc1c(Cl)cc(O)cc1Cl. The molecule has 1 N–H and O–H groups in total. The van der Waals surface area contributed by atoms with Crippen LogP contribution in [0.4, 0.5) is 0 Å². The fourth-order valence-corrected chi connectivity index (χ4v) is 1.91. The van der Waals surface area contributed by atoms with Gasteiger partial charge in [0.05, 0.1) is 29.9 Å². The Bertz CT molecular complexity index is 417. The Labute approximate surface area is 123 Å². The summed E-state index contributed by atoms with van der Waals surface area (Å²) in [6, 6.07) is 2.79. The van der Waals surface area contributed by atoms with Crippen molar-refractivity contribution >= 4 is 23.2 Å². The highest BCUT2D eigenvalue weighted by Gasteiger charge is 2.09. The van der Waals surface area contributed by atoms with Gasteiger partial charge in [0.2, 0.25) is 0 Å². The van der Waals surface area contributed by atoms with Crippen LogP contribution in [0.15, 0.2) is 23.8 Å². The topological polar surface area (TPSA) is 38.7 Å². The predicted molar refractivity (Wildman–Crippen MR) is 78.5 cm³/mol. The number of phenolic OH excluding ortho intramolecular Hbond substituents is 1. The molecule has 5 heteroatoms. The van der Waals surface area contributed by atoms with E-state index in [-0.39, 0.29) is 5.75 Å². The molecule has 0 saturated carbocycles. The molecule has 3 nitrogen and oxygen atoms in total. The average Bonchev–Trinajstić information content (AvgIpc) is 2.30. The van der Waals surface area contributed by atoms with Crippen LogP contribution in [-0.2, 0) is 4.74 Å². The van der Waals surface area contributed by atoms with Gasteiger partial charge in [-0.3, -0.25) is 0 Å². The molecule has 0 unspecified atom stereocenters. The number of ether oxygens (including phenoxy) is 2. The summed E-state index contributed by atoms with van der Waals surface area (Å²) in [6.07, 6.45) is 2.76. The van der Waals surface area contributed by atoms with Crippen LogP contribution in [0.3, 0.4) is 0 Å². The minimum atomic E-state index is 0.0207. The Morgan fingerprint density at radius 1 is 1.21 bits per heavy atom. The van der Waals surface area contributed by atoms with Gasteiger partial charge in [0.25, 0.3) is 0 Å². The van der Waals surface area contributed by atoms with Gasteiger partial charge >= 0.3 is 0 Å². The molecule has 0 bridgehead atoms. The molecule has 0 fully saturated rings. The fraction of sp³-hybridized carbons (Fsp3) is 0.429. The lowest BCUT2D eigenvalue weighted by Crippen LogP contribution is -2.04. The fourth-order valence-electron chi connectivity index (χ4n) is 1.33. The molecule has 1 aromatic rings. The maximum absolute atomic E-state index is 9.28. The van der Waals surface area contributed by atoms with Crippen LogP contribution in [0.1, 0.15) is 20.3 Å². The van der Waals surface area contributed by atoms with Crippen LogP contribution in [0.5, 0.6) is 11.5 Å². The summed E-state index contributed by atoms with van der Waals surface area (Å²) >= 11 is 11.8. The zero-order chi connectivity index (χ0) is 14.3. The summed E-state index contributed by atoms with van der Waals surface area (Å²) in [6.45, 7) is 5.74. The van der Waals surface area contributed by atoms with Crippen molar-refractivity contribution in [1.29, 1.82) is 0 Å². The van der Waals surface area contributed by atoms with Gasteiger partial charge in [-0.15, -0.1) is 0 Å². The normalized spacial score (nSPS) is 10.3. The third-order valence-electron chi connectivity index (χ3n) is 2.27. The van der Waals surface area contributed by atoms with Gasteiger partial charge in [0.1, 0.15) is 5.75 Å². The summed E-state index contributed by atoms with van der Waals surface area (Å²) < 4.78 is 10.9. The van der Waals surface area contributed by atoms with Crippen molar-refractivity contribution in [1.82, 2.24) is 0 Å². The van der Waals surface area contributed by atoms with E-state index in [1.807, 2.05) is 19.9 Å². The van der Waals surface area contributed by atoms with Gasteiger partial charge in [-0.25, -0.2) is 0 Å². The molecule has 0 aromatic heterocycles. The highest BCUT2D eigenvalue weighted by Crippen LogP contribution is 2.36. The average molecular weight is 305 g/mol. The van der Waals surface area contributed by atoms with E-state index in [0.717, 1.165) is 6.42 Å². The van der Waals surface area contributed by atoms with Crippen LogP contribution in [-0.4, -0.2) is 24.9 Å². The molecular formula is C14H18Cl2O3. The molecule has 0 amide bonds. The molecule has 0 spiro atoms. The van der Waals surface area contributed by atoms with Crippen LogP contribution in [0.25, 0.3) is 0 Å². The number of halogens is 2. The maximum atomic E-state index is 9.28. The van der Waals surface area contributed by atoms with Gasteiger partial charge < -0.3 is 14.6 Å². The van der Waals surface area contributed by atoms with Crippen molar-refractivity contribution in [3.63, 3.8) is 0 Å². The first-order valence-corrected chi connectivity index (χ1v) is 6.78. The molecule has 1 aromatic carbocycles. The first-order valence-electron chi connectivity index (χ1n) is 6.02. The Balaban J connectivity index is 2.28. The van der Waals surface area contributed by atoms with Crippen molar-refractivity contribution in [3.05, 3.63) is 33.8 Å². The Kier molecular flexibility index (Phi) is 7.06. The van der Waals surface area contributed by atoms with Gasteiger partial charge in [0, 0.05) is 18.6 Å². The van der Waals surface area contributed by atoms with Crippen LogP contribution < -0.4 is 4.74 Å². The first-order chi connectivity index (χ1) is 9.00. The van der Waals surface area contributed by atoms with Crippen molar-refractivity contribution in [2.24, 2.45) is 0 Å². The quantitative estimate of drug-likeness (QED) is 0.597. The first kappa shape index (κ1) is 16.2. The summed E-state index contributed by atoms with van der Waals surface area (Å²) in [7, 11) is 0. The lowest BCUT2D eigenvalue weighted by molar-refractivity contribution is 0.143. The number of aromatic hydroxyl groups is 1. The minimum Gasteiger partial charge on any atom is -0.508 e. The number of hydrogen-bond donors (Lipinski definition) is 1. The van der Waals surface area contributed by atoms with E-state index in [1.54, 1.807) is 0 Å². The second kappa shape index (κ2) is 8.31. The van der Waals surface area contributed by atoms with E-state index >= 15 is 0 Å². The second-order valence-electron chi connectivity index (χ2n) is 4.30. The van der Waals surface area contributed by atoms with Gasteiger partial charge in [-0.2, -0.15) is 0 Å². The van der Waals surface area contributed by atoms with Crippen molar-refractivity contribution in [3.8, 4) is 11.5 Å². The maximum Gasteiger partial charge on any atom is 0.156 e. The summed E-state index contributed by atoms with van der Waals surface area (Å²) in [4.78, 5) is 0. The molecule has 0 saturated heterocycles. The lowest BCUT2D eigenvalue weighted by atomic mass is 10.3. The van der Waals surface area contributed by atoms with E-state index in [0.29, 0.717) is 35.6 Å². The van der Waals surface area contributed by atoms with Crippen molar-refractivity contribution in [2.75, 3.05) is 19.8 Å². The molecule has 0 atom stereocenters. The highest BCUT2D eigenvalue weighted by molar-refractivity contribution is 6.37. The van der Waals surface area contributed by atoms with Gasteiger partial charge in [-0.1, -0.05) is 34.9 Å². The van der Waals surface area contributed by atoms with Gasteiger partial charge in [0.15, 0.2) is 5.75 Å². The van der Waals surface area contributed by atoms with Crippen molar-refractivity contribution < 1.29 is 14.6 Å². The molecule has 0 heterocycles. The van der Waals surface area contributed by atoms with E-state index < -0.39 is 0 Å². The smallest absolute Gasteiger partial charge is 0.156 e. The third-order valence-corrected chi connectivity index (χ3v) is 2.83. The molecule has 1 rings (SSSR count). The van der Waals surface area contributed by atoms with E-state index in [9.17, 15) is 5.11 Å². The number of phenols is 1. The molecule has 0 radical (unpaired) electrons. The zero-order valence-electron chi connectivity index (χ0n) is 11.1.